The third kappa shape index (κ3) is 5.75. The lowest BCUT2D eigenvalue weighted by molar-refractivity contribution is -0.137. The average molecular weight is 496 g/mol. The number of aromatic nitrogens is 2. The highest BCUT2D eigenvalue weighted by Crippen LogP contribution is 2.34. The fourth-order valence-electron chi connectivity index (χ4n) is 3.58. The predicted molar refractivity (Wildman–Crippen MR) is 121 cm³/mol. The molecule has 1 aromatic carbocycles. The van der Waals surface area contributed by atoms with Crippen LogP contribution in [0.3, 0.4) is 0 Å². The van der Waals surface area contributed by atoms with Crippen LogP contribution in [0.2, 0.25) is 0 Å². The second kappa shape index (κ2) is 9.57. The fraction of sp³-hybridized carbons (Fsp3) is 0.333. The van der Waals surface area contributed by atoms with Gasteiger partial charge in [-0.3, -0.25) is 19.8 Å². The van der Waals surface area contributed by atoms with Crippen LogP contribution in [0, 0.1) is 6.92 Å². The van der Waals surface area contributed by atoms with E-state index in [1.54, 1.807) is 6.20 Å². The van der Waals surface area contributed by atoms with E-state index in [0.29, 0.717) is 10.3 Å². The maximum absolute atomic E-state index is 12.7. The van der Waals surface area contributed by atoms with E-state index in [0.717, 1.165) is 54.2 Å². The summed E-state index contributed by atoms with van der Waals surface area (Å²) in [6.45, 7) is 2.87. The molecule has 0 radical (unpaired) electrons. The van der Waals surface area contributed by atoms with Gasteiger partial charge in [-0.2, -0.15) is 13.2 Å². The predicted octanol–water partition coefficient (Wildman–Crippen LogP) is 4.95. The first-order valence-electron chi connectivity index (χ1n) is 10.1. The number of carbonyl (C=O) groups is 2. The molecule has 1 unspecified atom stereocenters. The molecule has 0 aliphatic carbocycles. The molecule has 3 heterocycles. The van der Waals surface area contributed by atoms with E-state index in [-0.39, 0.29) is 24.1 Å². The minimum absolute atomic E-state index is 0.0539. The molecule has 0 spiro atoms. The second-order valence-electron chi connectivity index (χ2n) is 7.56. The second-order valence-corrected chi connectivity index (χ2v) is 9.65. The highest BCUT2D eigenvalue weighted by molar-refractivity contribution is 7.15. The summed E-state index contributed by atoms with van der Waals surface area (Å²) < 4.78 is 38.1. The van der Waals surface area contributed by atoms with Gasteiger partial charge in [0.2, 0.25) is 5.91 Å². The van der Waals surface area contributed by atoms with Crippen LogP contribution in [-0.4, -0.2) is 39.8 Å². The van der Waals surface area contributed by atoms with Crippen LogP contribution in [0.5, 0.6) is 0 Å². The number of aryl methyl sites for hydroxylation is 1. The first kappa shape index (κ1) is 23.3. The van der Waals surface area contributed by atoms with Gasteiger partial charge in [0.05, 0.1) is 23.8 Å². The number of hydrogen-bond acceptors (Lipinski definition) is 7. The number of amides is 2. The number of carbonyl (C=O) groups excluding carboxylic acids is 2. The van der Waals surface area contributed by atoms with Crippen LogP contribution < -0.4 is 10.6 Å². The van der Waals surface area contributed by atoms with Gasteiger partial charge in [0.1, 0.15) is 0 Å². The molecular formula is C21H20F3N5O2S2. The summed E-state index contributed by atoms with van der Waals surface area (Å²) in [6, 6.07) is 3.96. The quantitative estimate of drug-likeness (QED) is 0.505. The van der Waals surface area contributed by atoms with Gasteiger partial charge in [0, 0.05) is 22.0 Å². The number of anilines is 2. The maximum atomic E-state index is 12.7. The van der Waals surface area contributed by atoms with Crippen LogP contribution in [0.15, 0.2) is 35.8 Å². The van der Waals surface area contributed by atoms with Gasteiger partial charge >= 0.3 is 6.18 Å². The summed E-state index contributed by atoms with van der Waals surface area (Å²) in [6.07, 6.45) is -1.00. The van der Waals surface area contributed by atoms with Crippen molar-refractivity contribution in [3.05, 3.63) is 57.5 Å². The zero-order chi connectivity index (χ0) is 23.6. The van der Waals surface area contributed by atoms with E-state index in [1.165, 1.54) is 22.7 Å². The van der Waals surface area contributed by atoms with Crippen molar-refractivity contribution in [2.24, 2.45) is 0 Å². The van der Waals surface area contributed by atoms with Crippen molar-refractivity contribution in [2.45, 2.75) is 32.0 Å². The van der Waals surface area contributed by atoms with Gasteiger partial charge in [-0.1, -0.05) is 0 Å². The molecule has 1 saturated heterocycles. The molecule has 174 valence electrons. The lowest BCUT2D eigenvalue weighted by Crippen LogP contribution is -2.33. The number of hydrogen-bond donors (Lipinski definition) is 2. The van der Waals surface area contributed by atoms with Gasteiger partial charge in [0.25, 0.3) is 5.91 Å². The number of nitrogens with one attached hydrogen (secondary N) is 2. The number of likely N-dealkylation sites (tertiary alicyclic amines) is 1. The monoisotopic (exact) mass is 495 g/mol. The van der Waals surface area contributed by atoms with Crippen LogP contribution in [0.4, 0.5) is 23.4 Å². The van der Waals surface area contributed by atoms with E-state index in [1.807, 2.05) is 17.2 Å². The molecule has 1 aliphatic heterocycles. The maximum Gasteiger partial charge on any atom is 0.416 e. The van der Waals surface area contributed by atoms with Crippen molar-refractivity contribution >= 4 is 44.8 Å². The Bertz CT molecular complexity index is 1140. The van der Waals surface area contributed by atoms with Gasteiger partial charge in [-0.15, -0.1) is 22.7 Å². The van der Waals surface area contributed by atoms with Crippen LogP contribution in [0.25, 0.3) is 0 Å². The van der Waals surface area contributed by atoms with E-state index < -0.39 is 17.6 Å². The molecule has 2 aromatic heterocycles. The summed E-state index contributed by atoms with van der Waals surface area (Å²) in [5, 5.41) is 8.18. The average Bonchev–Trinajstić information content (AvgIpc) is 3.49. The number of nitrogens with zero attached hydrogens (tertiary/aromatic N) is 3. The van der Waals surface area contributed by atoms with E-state index in [2.05, 4.69) is 20.6 Å². The molecule has 33 heavy (non-hydrogen) atoms. The van der Waals surface area contributed by atoms with Crippen molar-refractivity contribution in [2.75, 3.05) is 23.7 Å². The SMILES string of the molecule is Cc1cnc(NC(=O)CN2CCCC2c2csc(NC(=O)c3ccc(C(F)(F)F)cc3)n2)s1. The molecule has 12 heteroatoms. The molecule has 7 nitrogen and oxygen atoms in total. The highest BCUT2D eigenvalue weighted by atomic mass is 32.1. The largest absolute Gasteiger partial charge is 0.416 e. The lowest BCUT2D eigenvalue weighted by atomic mass is 10.1. The topological polar surface area (TPSA) is 87.2 Å². The van der Waals surface area contributed by atoms with Crippen LogP contribution in [0.1, 0.15) is 45.4 Å². The minimum atomic E-state index is -4.46. The first-order valence-corrected chi connectivity index (χ1v) is 11.8. The molecule has 2 amide bonds. The highest BCUT2D eigenvalue weighted by Gasteiger charge is 2.31. The summed E-state index contributed by atoms with van der Waals surface area (Å²) in [5.74, 6) is -0.687. The van der Waals surface area contributed by atoms with Crippen molar-refractivity contribution in [1.29, 1.82) is 0 Å². The molecular weight excluding hydrogens is 475 g/mol. The Balaban J connectivity index is 1.36. The fourth-order valence-corrected chi connectivity index (χ4v) is 5.02. The first-order chi connectivity index (χ1) is 15.7. The Morgan fingerprint density at radius 2 is 1.94 bits per heavy atom. The number of halogens is 3. The van der Waals surface area contributed by atoms with Gasteiger partial charge in [-0.25, -0.2) is 9.97 Å². The van der Waals surface area contributed by atoms with Crippen molar-refractivity contribution in [1.82, 2.24) is 14.9 Å². The molecule has 0 saturated carbocycles. The Labute approximate surface area is 195 Å². The summed E-state index contributed by atoms with van der Waals surface area (Å²) in [4.78, 5) is 36.5. The van der Waals surface area contributed by atoms with Gasteiger partial charge in [-0.05, 0) is 50.6 Å². The number of alkyl halides is 3. The van der Waals surface area contributed by atoms with Gasteiger partial charge in [0.15, 0.2) is 10.3 Å². The van der Waals surface area contributed by atoms with Crippen LogP contribution in [-0.2, 0) is 11.0 Å². The molecule has 3 aromatic rings. The van der Waals surface area contributed by atoms with E-state index >= 15 is 0 Å². The minimum Gasteiger partial charge on any atom is -0.301 e. The Morgan fingerprint density at radius 1 is 1.18 bits per heavy atom. The Hall–Kier alpha value is -2.83. The number of thiazole rings is 2. The molecule has 4 rings (SSSR count). The number of rotatable bonds is 6. The lowest BCUT2D eigenvalue weighted by Gasteiger charge is -2.22. The van der Waals surface area contributed by atoms with E-state index in [4.69, 9.17) is 0 Å². The van der Waals surface area contributed by atoms with Gasteiger partial charge < -0.3 is 5.32 Å². The Morgan fingerprint density at radius 3 is 2.61 bits per heavy atom. The molecule has 2 N–H and O–H groups in total. The van der Waals surface area contributed by atoms with E-state index in [9.17, 15) is 22.8 Å². The third-order valence-electron chi connectivity index (χ3n) is 5.14. The normalized spacial score (nSPS) is 16.7. The summed E-state index contributed by atoms with van der Waals surface area (Å²) in [7, 11) is 0. The standard InChI is InChI=1S/C21H20F3N5O2S2/c1-12-9-25-19(33-12)27-17(30)10-29-8-2-3-16(29)15-11-32-20(26-15)28-18(31)13-4-6-14(7-5-13)21(22,23)24/h4-7,9,11,16H,2-3,8,10H2,1H3,(H,25,27,30)(H,26,28,31). The summed E-state index contributed by atoms with van der Waals surface area (Å²) in [5.41, 5.74) is 0.0420. The van der Waals surface area contributed by atoms with Crippen molar-refractivity contribution in [3.63, 3.8) is 0 Å². The molecule has 1 fully saturated rings. The third-order valence-corrected chi connectivity index (χ3v) is 6.74. The molecule has 0 bridgehead atoms. The zero-order valence-corrected chi connectivity index (χ0v) is 19.1. The molecule has 1 aliphatic rings. The van der Waals surface area contributed by atoms with Crippen LogP contribution >= 0.6 is 22.7 Å². The summed E-state index contributed by atoms with van der Waals surface area (Å²) >= 11 is 2.65. The smallest absolute Gasteiger partial charge is 0.301 e. The van der Waals surface area contributed by atoms with Crippen molar-refractivity contribution < 1.29 is 22.8 Å². The molecule has 1 atom stereocenters. The Kier molecular flexibility index (Phi) is 6.77. The van der Waals surface area contributed by atoms with Crippen molar-refractivity contribution in [3.8, 4) is 0 Å². The zero-order valence-electron chi connectivity index (χ0n) is 17.5. The number of benzene rings is 1.